The van der Waals surface area contributed by atoms with Crippen LogP contribution in [0, 0.1) is 5.92 Å². The molecule has 0 radical (unpaired) electrons. The van der Waals surface area contributed by atoms with Crippen molar-refractivity contribution in [2.75, 3.05) is 6.54 Å². The zero-order valence-corrected chi connectivity index (χ0v) is 9.75. The van der Waals surface area contributed by atoms with E-state index in [1.807, 2.05) is 0 Å². The third kappa shape index (κ3) is 4.52. The molecule has 2 N–H and O–H groups in total. The quantitative estimate of drug-likeness (QED) is 0.707. The molecule has 2 nitrogen and oxygen atoms in total. The van der Waals surface area contributed by atoms with Gasteiger partial charge >= 0.3 is 0 Å². The van der Waals surface area contributed by atoms with Gasteiger partial charge in [0, 0.05) is 12.6 Å². The van der Waals surface area contributed by atoms with Crippen LogP contribution in [-0.4, -0.2) is 23.8 Å². The molecule has 88 valence electrons. The molecule has 2 heteroatoms. The van der Waals surface area contributed by atoms with Crippen molar-refractivity contribution >= 4 is 0 Å². The van der Waals surface area contributed by atoms with E-state index >= 15 is 0 Å². The molecule has 0 aliphatic heterocycles. The fourth-order valence-electron chi connectivity index (χ4n) is 2.60. The van der Waals surface area contributed by atoms with Crippen molar-refractivity contribution in [3.8, 4) is 0 Å². The minimum Gasteiger partial charge on any atom is -0.392 e. The predicted molar refractivity (Wildman–Crippen MR) is 62.8 cm³/mol. The van der Waals surface area contributed by atoms with Gasteiger partial charge < -0.3 is 10.4 Å². The first-order valence-corrected chi connectivity index (χ1v) is 6.76. The van der Waals surface area contributed by atoms with E-state index in [0.29, 0.717) is 0 Å². The van der Waals surface area contributed by atoms with Crippen molar-refractivity contribution in [2.24, 2.45) is 5.92 Å². The van der Waals surface area contributed by atoms with Gasteiger partial charge in [0.25, 0.3) is 0 Å². The fraction of sp³-hybridized carbons (Fsp3) is 1.00. The monoisotopic (exact) mass is 211 g/mol. The zero-order valence-electron chi connectivity index (χ0n) is 9.75. The first-order chi connectivity index (χ1) is 7.34. The second kappa shape index (κ2) is 5.86. The van der Waals surface area contributed by atoms with E-state index in [0.717, 1.165) is 24.9 Å². The molecule has 0 heterocycles. The molecule has 2 aliphatic carbocycles. The van der Waals surface area contributed by atoms with Gasteiger partial charge in [0.05, 0.1) is 6.10 Å². The molecule has 2 aliphatic rings. The van der Waals surface area contributed by atoms with Crippen molar-refractivity contribution in [1.82, 2.24) is 5.32 Å². The predicted octanol–water partition coefficient (Wildman–Crippen LogP) is 2.46. The maximum Gasteiger partial charge on any atom is 0.0664 e. The van der Waals surface area contributed by atoms with E-state index in [9.17, 15) is 5.11 Å². The van der Waals surface area contributed by atoms with Crippen molar-refractivity contribution in [1.29, 1.82) is 0 Å². The maximum atomic E-state index is 9.79. The Bertz CT molecular complexity index is 173. The van der Waals surface area contributed by atoms with Crippen LogP contribution in [0.2, 0.25) is 0 Å². The second-order valence-corrected chi connectivity index (χ2v) is 5.42. The van der Waals surface area contributed by atoms with Gasteiger partial charge in [-0.05, 0) is 31.6 Å². The number of hydrogen-bond acceptors (Lipinski definition) is 2. The fourth-order valence-corrected chi connectivity index (χ4v) is 2.60. The molecule has 15 heavy (non-hydrogen) atoms. The van der Waals surface area contributed by atoms with E-state index in [-0.39, 0.29) is 6.10 Å². The standard InChI is InChI=1S/C13H25NO/c15-13(10-14-12-7-8-12)9-6-11-4-2-1-3-5-11/h11-15H,1-10H2. The molecule has 2 rings (SSSR count). The molecule has 1 unspecified atom stereocenters. The van der Waals surface area contributed by atoms with Gasteiger partial charge in [-0.3, -0.25) is 0 Å². The summed E-state index contributed by atoms with van der Waals surface area (Å²) in [5.74, 6) is 0.911. The zero-order chi connectivity index (χ0) is 10.5. The normalized spacial score (nSPS) is 25.4. The number of rotatable bonds is 6. The van der Waals surface area contributed by atoms with Crippen LogP contribution in [0.5, 0.6) is 0 Å². The Morgan fingerprint density at radius 3 is 2.47 bits per heavy atom. The molecule has 0 saturated heterocycles. The molecule has 0 spiro atoms. The van der Waals surface area contributed by atoms with E-state index < -0.39 is 0 Å². The molecule has 2 saturated carbocycles. The van der Waals surface area contributed by atoms with E-state index in [4.69, 9.17) is 0 Å². The van der Waals surface area contributed by atoms with Crippen molar-refractivity contribution in [2.45, 2.75) is 69.9 Å². The summed E-state index contributed by atoms with van der Waals surface area (Å²) in [6.07, 6.45) is 11.9. The summed E-state index contributed by atoms with van der Waals surface area (Å²) in [7, 11) is 0. The number of nitrogens with one attached hydrogen (secondary N) is 1. The Hall–Kier alpha value is -0.0800. The molecular formula is C13H25NO. The van der Waals surface area contributed by atoms with Crippen LogP contribution in [-0.2, 0) is 0 Å². The highest BCUT2D eigenvalue weighted by molar-refractivity contribution is 4.82. The summed E-state index contributed by atoms with van der Waals surface area (Å²) < 4.78 is 0. The number of hydrogen-bond donors (Lipinski definition) is 2. The highest BCUT2D eigenvalue weighted by Gasteiger charge is 2.21. The first-order valence-electron chi connectivity index (χ1n) is 6.76. The SMILES string of the molecule is OC(CCC1CCCCC1)CNC1CC1. The minimum absolute atomic E-state index is 0.104. The lowest BCUT2D eigenvalue weighted by atomic mass is 9.85. The summed E-state index contributed by atoms with van der Waals surface area (Å²) in [5.41, 5.74) is 0. The molecule has 0 bridgehead atoms. The second-order valence-electron chi connectivity index (χ2n) is 5.42. The molecule has 0 aromatic carbocycles. The summed E-state index contributed by atoms with van der Waals surface area (Å²) in [6, 6.07) is 0.731. The van der Waals surface area contributed by atoms with Crippen molar-refractivity contribution < 1.29 is 5.11 Å². The van der Waals surface area contributed by atoms with Gasteiger partial charge in [-0.1, -0.05) is 32.1 Å². The third-order valence-corrected chi connectivity index (χ3v) is 3.85. The van der Waals surface area contributed by atoms with Crippen molar-refractivity contribution in [3.63, 3.8) is 0 Å². The Morgan fingerprint density at radius 1 is 1.07 bits per heavy atom. The highest BCUT2D eigenvalue weighted by Crippen LogP contribution is 2.27. The van der Waals surface area contributed by atoms with Gasteiger partial charge in [0.1, 0.15) is 0 Å². The lowest BCUT2D eigenvalue weighted by molar-refractivity contribution is 0.146. The summed E-state index contributed by atoms with van der Waals surface area (Å²) in [6.45, 7) is 0.817. The Balaban J connectivity index is 1.50. The molecule has 0 amide bonds. The Morgan fingerprint density at radius 2 is 1.80 bits per heavy atom. The van der Waals surface area contributed by atoms with E-state index in [2.05, 4.69) is 5.32 Å². The summed E-state index contributed by atoms with van der Waals surface area (Å²) >= 11 is 0. The van der Waals surface area contributed by atoms with Crippen LogP contribution in [0.1, 0.15) is 57.8 Å². The van der Waals surface area contributed by atoms with Crippen LogP contribution in [0.3, 0.4) is 0 Å². The van der Waals surface area contributed by atoms with Gasteiger partial charge in [-0.25, -0.2) is 0 Å². The van der Waals surface area contributed by atoms with Crippen molar-refractivity contribution in [3.05, 3.63) is 0 Å². The largest absolute Gasteiger partial charge is 0.392 e. The highest BCUT2D eigenvalue weighted by atomic mass is 16.3. The summed E-state index contributed by atoms with van der Waals surface area (Å²) in [4.78, 5) is 0. The van der Waals surface area contributed by atoms with Crippen LogP contribution < -0.4 is 5.32 Å². The third-order valence-electron chi connectivity index (χ3n) is 3.85. The van der Waals surface area contributed by atoms with Gasteiger partial charge in [0.2, 0.25) is 0 Å². The smallest absolute Gasteiger partial charge is 0.0664 e. The van der Waals surface area contributed by atoms with E-state index in [1.165, 1.54) is 51.4 Å². The molecule has 2 fully saturated rings. The molecule has 0 aromatic rings. The topological polar surface area (TPSA) is 32.3 Å². The van der Waals surface area contributed by atoms with E-state index in [1.54, 1.807) is 0 Å². The maximum absolute atomic E-state index is 9.79. The van der Waals surface area contributed by atoms with Gasteiger partial charge in [-0.2, -0.15) is 0 Å². The number of aliphatic hydroxyl groups excluding tert-OH is 1. The number of aliphatic hydroxyl groups is 1. The molecule has 0 aromatic heterocycles. The molecule has 1 atom stereocenters. The lowest BCUT2D eigenvalue weighted by Crippen LogP contribution is -2.28. The lowest BCUT2D eigenvalue weighted by Gasteiger charge is -2.22. The van der Waals surface area contributed by atoms with Crippen LogP contribution in [0.4, 0.5) is 0 Å². The molecular weight excluding hydrogens is 186 g/mol. The van der Waals surface area contributed by atoms with Crippen LogP contribution >= 0.6 is 0 Å². The average molecular weight is 211 g/mol. The Labute approximate surface area is 93.5 Å². The van der Waals surface area contributed by atoms with Crippen LogP contribution in [0.25, 0.3) is 0 Å². The minimum atomic E-state index is -0.104. The summed E-state index contributed by atoms with van der Waals surface area (Å²) in [5, 5.41) is 13.2. The van der Waals surface area contributed by atoms with Gasteiger partial charge in [-0.15, -0.1) is 0 Å². The van der Waals surface area contributed by atoms with Crippen LogP contribution in [0.15, 0.2) is 0 Å². The first kappa shape index (κ1) is 11.4. The Kier molecular flexibility index (Phi) is 4.45. The average Bonchev–Trinajstić information content (AvgIpc) is 3.09. The van der Waals surface area contributed by atoms with Gasteiger partial charge in [0.15, 0.2) is 0 Å².